The van der Waals surface area contributed by atoms with Crippen molar-refractivity contribution in [2.75, 3.05) is 29.9 Å². The van der Waals surface area contributed by atoms with Crippen LogP contribution >= 0.6 is 46.4 Å². The first-order valence-corrected chi connectivity index (χ1v) is 15.8. The van der Waals surface area contributed by atoms with E-state index in [-0.39, 0.29) is 28.4 Å². The second-order valence-electron chi connectivity index (χ2n) is 13.5. The molecule has 3 fully saturated rings. The molecule has 228 valence electrons. The van der Waals surface area contributed by atoms with E-state index < -0.39 is 35.3 Å². The monoisotopic (exact) mass is 663 g/mol. The van der Waals surface area contributed by atoms with Crippen LogP contribution in [0.2, 0.25) is 20.1 Å². The molecule has 11 heteroatoms. The molecule has 0 aromatic heterocycles. The van der Waals surface area contributed by atoms with Crippen LogP contribution in [0.3, 0.4) is 0 Å². The Hall–Kier alpha value is -2.29. The van der Waals surface area contributed by atoms with Crippen LogP contribution in [0.15, 0.2) is 43.0 Å². The van der Waals surface area contributed by atoms with Crippen molar-refractivity contribution in [2.45, 2.75) is 51.6 Å². The number of nitrogens with zero attached hydrogens (tertiary/aromatic N) is 2. The van der Waals surface area contributed by atoms with E-state index >= 15 is 4.79 Å². The quantitative estimate of drug-likeness (QED) is 0.258. The summed E-state index contributed by atoms with van der Waals surface area (Å²) in [5, 5.41) is 4.30. The fourth-order valence-corrected chi connectivity index (χ4v) is 8.49. The molecule has 3 aliphatic heterocycles. The second-order valence-corrected chi connectivity index (χ2v) is 15.2. The highest BCUT2D eigenvalue weighted by Crippen LogP contribution is 2.66. The summed E-state index contributed by atoms with van der Waals surface area (Å²) in [5.74, 6) is -3.48. The van der Waals surface area contributed by atoms with Crippen LogP contribution in [-0.2, 0) is 24.7 Å². The number of carbonyl (C=O) groups excluding carboxylic acids is 3. The average Bonchev–Trinajstić information content (AvgIpc) is 3.35. The Morgan fingerprint density at radius 1 is 1.09 bits per heavy atom. The number of rotatable bonds is 6. The van der Waals surface area contributed by atoms with Gasteiger partial charge in [0.05, 0.1) is 16.6 Å². The van der Waals surface area contributed by atoms with Gasteiger partial charge >= 0.3 is 5.97 Å². The molecule has 1 aliphatic carbocycles. The minimum absolute atomic E-state index is 0.0220. The molecule has 1 saturated carbocycles. The number of halogens is 4. The van der Waals surface area contributed by atoms with Crippen LogP contribution in [0, 0.1) is 22.7 Å². The summed E-state index contributed by atoms with van der Waals surface area (Å²) in [4.78, 5) is 47.4. The zero-order valence-electron chi connectivity index (χ0n) is 24.2. The van der Waals surface area contributed by atoms with E-state index in [0.29, 0.717) is 51.5 Å². The summed E-state index contributed by atoms with van der Waals surface area (Å²) in [7, 11) is 0. The SMILES string of the molecule is C=CCOC(=O)[C@H]1[C@@H](C(=O)N(CC(C)(C)C)c2cc(Cl)cc(Cl)c2)[C@H]2CC3(CC3)CN2C12C(=O)Nc1c(Cl)cc(Cl)cc12. The van der Waals surface area contributed by atoms with E-state index in [0.717, 1.165) is 12.8 Å². The Morgan fingerprint density at radius 2 is 1.74 bits per heavy atom. The number of esters is 1. The number of nitrogens with one attached hydrogen (secondary N) is 1. The van der Waals surface area contributed by atoms with Crippen molar-refractivity contribution in [3.63, 3.8) is 0 Å². The van der Waals surface area contributed by atoms with Gasteiger partial charge in [-0.25, -0.2) is 0 Å². The van der Waals surface area contributed by atoms with Gasteiger partial charge < -0.3 is 15.0 Å². The zero-order valence-corrected chi connectivity index (χ0v) is 27.2. The highest BCUT2D eigenvalue weighted by Gasteiger charge is 2.75. The lowest BCUT2D eigenvalue weighted by Crippen LogP contribution is -2.54. The van der Waals surface area contributed by atoms with Gasteiger partial charge in [0, 0.05) is 45.5 Å². The molecule has 2 aromatic rings. The molecule has 2 amide bonds. The zero-order chi connectivity index (χ0) is 31.1. The molecule has 6 rings (SSSR count). The Morgan fingerprint density at radius 3 is 2.35 bits per heavy atom. The molecule has 1 unspecified atom stereocenters. The Labute approximate surface area is 271 Å². The molecule has 4 atom stereocenters. The summed E-state index contributed by atoms with van der Waals surface area (Å²) in [6.07, 6.45) is 4.12. The molecule has 3 heterocycles. The molecule has 0 radical (unpaired) electrons. The third-order valence-electron chi connectivity index (χ3n) is 9.17. The summed E-state index contributed by atoms with van der Waals surface area (Å²) in [6, 6.07) is 7.82. The maximum atomic E-state index is 15.1. The molecule has 2 spiro atoms. The third kappa shape index (κ3) is 5.05. The number of amides is 2. The van der Waals surface area contributed by atoms with Gasteiger partial charge in [0.2, 0.25) is 5.91 Å². The minimum Gasteiger partial charge on any atom is -0.461 e. The Kier molecular flexibility index (Phi) is 7.62. The molecule has 4 aliphatic rings. The van der Waals surface area contributed by atoms with Crippen LogP contribution < -0.4 is 10.2 Å². The van der Waals surface area contributed by atoms with Crippen LogP contribution in [-0.4, -0.2) is 48.4 Å². The minimum atomic E-state index is -1.54. The van der Waals surface area contributed by atoms with Crippen molar-refractivity contribution in [1.29, 1.82) is 0 Å². The molecule has 0 bridgehead atoms. The van der Waals surface area contributed by atoms with Gasteiger partial charge in [-0.1, -0.05) is 79.8 Å². The van der Waals surface area contributed by atoms with Crippen molar-refractivity contribution in [3.05, 3.63) is 68.6 Å². The van der Waals surface area contributed by atoms with Crippen molar-refractivity contribution in [2.24, 2.45) is 22.7 Å². The first kappa shape index (κ1) is 30.7. The van der Waals surface area contributed by atoms with Crippen LogP contribution in [0.4, 0.5) is 11.4 Å². The standard InChI is InChI=1S/C32H33Cl4N3O4/c1-5-8-43-28(41)25-24(27(40)38(15-30(2,3)4)20-10-17(33)9-18(34)11-20)23-14-31(6-7-31)16-39(23)32(25)21-12-19(35)13-22(36)26(21)37-29(32)42/h5,9-13,23-25H,1,6-8,14-16H2,2-4H3,(H,37,42)/t23-,24+,25-,32?/m1/s1. The lowest BCUT2D eigenvalue weighted by Gasteiger charge is -2.37. The topological polar surface area (TPSA) is 79.0 Å². The largest absolute Gasteiger partial charge is 0.461 e. The van der Waals surface area contributed by atoms with Gasteiger partial charge in [-0.05, 0) is 60.4 Å². The fourth-order valence-electron chi connectivity index (χ4n) is 7.43. The number of carbonyl (C=O) groups is 3. The van der Waals surface area contributed by atoms with Crippen molar-refractivity contribution in [3.8, 4) is 0 Å². The maximum absolute atomic E-state index is 15.1. The molecule has 2 aromatic carbocycles. The third-order valence-corrected chi connectivity index (χ3v) is 10.1. The number of anilines is 2. The van der Waals surface area contributed by atoms with E-state index in [9.17, 15) is 9.59 Å². The van der Waals surface area contributed by atoms with Crippen LogP contribution in [0.5, 0.6) is 0 Å². The number of fused-ring (bicyclic) bond motifs is 4. The summed E-state index contributed by atoms with van der Waals surface area (Å²) >= 11 is 26.0. The lowest BCUT2D eigenvalue weighted by molar-refractivity contribution is -0.157. The number of hydrogen-bond donors (Lipinski definition) is 1. The molecule has 2 saturated heterocycles. The molecular weight excluding hydrogens is 632 g/mol. The van der Waals surface area contributed by atoms with E-state index in [4.69, 9.17) is 51.1 Å². The second kappa shape index (κ2) is 10.7. The van der Waals surface area contributed by atoms with Crippen molar-refractivity contribution in [1.82, 2.24) is 4.90 Å². The van der Waals surface area contributed by atoms with E-state index in [1.807, 2.05) is 20.8 Å². The average molecular weight is 665 g/mol. The first-order valence-electron chi connectivity index (χ1n) is 14.3. The number of ether oxygens (including phenoxy) is 1. The first-order chi connectivity index (χ1) is 20.2. The van der Waals surface area contributed by atoms with Crippen molar-refractivity contribution < 1.29 is 19.1 Å². The van der Waals surface area contributed by atoms with E-state index in [2.05, 4.69) is 16.8 Å². The normalized spacial score (nSPS) is 26.8. The molecule has 7 nitrogen and oxygen atoms in total. The summed E-state index contributed by atoms with van der Waals surface area (Å²) < 4.78 is 5.68. The predicted octanol–water partition coefficient (Wildman–Crippen LogP) is 7.36. The highest BCUT2D eigenvalue weighted by molar-refractivity contribution is 6.38. The van der Waals surface area contributed by atoms with Gasteiger partial charge in [0.1, 0.15) is 18.1 Å². The number of benzene rings is 2. The molecule has 43 heavy (non-hydrogen) atoms. The Bertz CT molecular complexity index is 1530. The summed E-state index contributed by atoms with van der Waals surface area (Å²) in [5.41, 5.74) is -0.490. The Balaban J connectivity index is 1.57. The van der Waals surface area contributed by atoms with E-state index in [1.165, 1.54) is 6.08 Å². The molecule has 1 N–H and O–H groups in total. The fraction of sp³-hybridized carbons (Fsp3) is 0.469. The van der Waals surface area contributed by atoms with E-state index in [1.54, 1.807) is 35.2 Å². The van der Waals surface area contributed by atoms with Gasteiger partial charge in [-0.3, -0.25) is 19.3 Å². The lowest BCUT2D eigenvalue weighted by atomic mass is 9.72. The smallest absolute Gasteiger partial charge is 0.312 e. The van der Waals surface area contributed by atoms with Gasteiger partial charge in [-0.2, -0.15) is 0 Å². The maximum Gasteiger partial charge on any atom is 0.312 e. The van der Waals surface area contributed by atoms with Crippen LogP contribution in [0.1, 0.15) is 45.6 Å². The predicted molar refractivity (Wildman–Crippen MR) is 170 cm³/mol. The van der Waals surface area contributed by atoms with Gasteiger partial charge in [0.15, 0.2) is 0 Å². The van der Waals surface area contributed by atoms with Crippen LogP contribution in [0.25, 0.3) is 0 Å². The van der Waals surface area contributed by atoms with Gasteiger partial charge in [-0.15, -0.1) is 0 Å². The molecular formula is C32H33Cl4N3O4. The highest BCUT2D eigenvalue weighted by atomic mass is 35.5. The summed E-state index contributed by atoms with van der Waals surface area (Å²) in [6.45, 7) is 10.6. The van der Waals surface area contributed by atoms with Gasteiger partial charge in [0.25, 0.3) is 5.91 Å². The number of hydrogen-bond acceptors (Lipinski definition) is 5. The van der Waals surface area contributed by atoms with Crippen molar-refractivity contribution >= 4 is 75.6 Å².